The Kier molecular flexibility index (Phi) is 3.12. The van der Waals surface area contributed by atoms with E-state index in [1.54, 1.807) is 0 Å². The smallest absolute Gasteiger partial charge is 0.461 e. The molecule has 50 valence electrons. The van der Waals surface area contributed by atoms with Crippen LogP contribution in [0.25, 0.3) is 0 Å². The molecule has 3 nitrogen and oxygen atoms in total. The Morgan fingerprint density at radius 3 is 2.50 bits per heavy atom. The summed E-state index contributed by atoms with van der Waals surface area (Å²) in [6.45, 7) is 3.71. The normalized spacial score (nSPS) is 25.6. The van der Waals surface area contributed by atoms with E-state index in [2.05, 4.69) is 16.4 Å². The van der Waals surface area contributed by atoms with Crippen molar-refractivity contribution in [2.75, 3.05) is 6.61 Å². The fraction of sp³-hybridized carbons (Fsp3) is 0.500. The van der Waals surface area contributed by atoms with Gasteiger partial charge in [-0.25, -0.2) is 4.79 Å². The van der Waals surface area contributed by atoms with Crippen LogP contribution in [0.1, 0.15) is 0 Å². The quantitative estimate of drug-likeness (QED) is 0.328. The third-order valence-electron chi connectivity index (χ3n) is 0.650. The number of ether oxygens (including phenoxy) is 2. The molecule has 0 aromatic carbocycles. The predicted molar refractivity (Wildman–Crippen MR) is 21.6 cm³/mol. The van der Waals surface area contributed by atoms with Gasteiger partial charge in [0.25, 0.3) is 0 Å². The topological polar surface area (TPSA) is 35.5 Å². The third kappa shape index (κ3) is 1.86. The van der Waals surface area contributed by atoms with E-state index in [4.69, 9.17) is 0 Å². The summed E-state index contributed by atoms with van der Waals surface area (Å²) >= 11 is 0. The molecule has 1 fully saturated rings. The fourth-order valence-corrected chi connectivity index (χ4v) is 0.365. The molecule has 0 aromatic heterocycles. The van der Waals surface area contributed by atoms with Crippen LogP contribution in [-0.2, 0) is 31.9 Å². The number of cyclic esters (lactones) is 2. The van der Waals surface area contributed by atoms with Gasteiger partial charge in [-0.3, -0.25) is 6.92 Å². The second-order valence-corrected chi connectivity index (χ2v) is 1.30. The van der Waals surface area contributed by atoms with Gasteiger partial charge >= 0.3 is 28.5 Å². The minimum atomic E-state index is -0.611. The summed E-state index contributed by atoms with van der Waals surface area (Å²) in [6, 6.07) is 0. The predicted octanol–water partition coefficient (Wildman–Crippen LogP) is 0.353. The van der Waals surface area contributed by atoms with Crippen LogP contribution in [0.4, 0.5) is 4.79 Å². The van der Waals surface area contributed by atoms with E-state index in [0.717, 1.165) is 0 Å². The number of carbonyl (C=O) groups excluding carboxylic acids is 1. The molecule has 1 heterocycles. The van der Waals surface area contributed by atoms with Crippen molar-refractivity contribution >= 4 is 6.16 Å². The molecule has 1 aliphatic heterocycles. The summed E-state index contributed by atoms with van der Waals surface area (Å²) < 4.78 is 8.73. The van der Waals surface area contributed by atoms with Crippen molar-refractivity contribution in [1.82, 2.24) is 0 Å². The van der Waals surface area contributed by atoms with Gasteiger partial charge in [0, 0.05) is 6.10 Å². The Bertz CT molecular complexity index is 93.3. The molecule has 0 amide bonds. The maximum atomic E-state index is 9.97. The molecule has 8 heavy (non-hydrogen) atoms. The number of carbonyl (C=O) groups is 1. The van der Waals surface area contributed by atoms with Crippen LogP contribution in [0.15, 0.2) is 0 Å². The molecule has 0 bridgehead atoms. The second-order valence-electron chi connectivity index (χ2n) is 1.30. The van der Waals surface area contributed by atoms with Crippen molar-refractivity contribution in [3.05, 3.63) is 6.92 Å². The first-order valence-electron chi connectivity index (χ1n) is 1.95. The number of rotatable bonds is 0. The minimum Gasteiger partial charge on any atom is -0.461 e. The van der Waals surface area contributed by atoms with Gasteiger partial charge in [-0.05, 0) is 0 Å². The van der Waals surface area contributed by atoms with Crippen molar-refractivity contribution in [3.63, 3.8) is 0 Å². The Morgan fingerprint density at radius 2 is 2.38 bits per heavy atom. The van der Waals surface area contributed by atoms with Crippen LogP contribution in [0.2, 0.25) is 0 Å². The van der Waals surface area contributed by atoms with E-state index in [9.17, 15) is 4.79 Å². The molecular formula is C4H5AgO3. The SMILES string of the molecule is [Ag+].[CH2-]C1COC(=O)O1. The number of hydrogen-bond acceptors (Lipinski definition) is 3. The standard InChI is InChI=1S/C4H5O3.Ag/c1-3-2-6-4(5)7-3;/h3H,1-2H2;/q-1;+1. The first-order valence-corrected chi connectivity index (χ1v) is 1.95. The number of hydrogen-bond donors (Lipinski definition) is 0. The monoisotopic (exact) mass is 208 g/mol. The van der Waals surface area contributed by atoms with Crippen LogP contribution in [-0.4, -0.2) is 18.9 Å². The van der Waals surface area contributed by atoms with E-state index in [0.29, 0.717) is 6.61 Å². The first-order chi connectivity index (χ1) is 3.29. The van der Waals surface area contributed by atoms with Gasteiger partial charge < -0.3 is 9.47 Å². The largest absolute Gasteiger partial charge is 1.00 e. The van der Waals surface area contributed by atoms with Gasteiger partial charge in [0.2, 0.25) is 0 Å². The Morgan fingerprint density at radius 1 is 1.75 bits per heavy atom. The first kappa shape index (κ1) is 8.01. The van der Waals surface area contributed by atoms with Crippen LogP contribution in [0, 0.1) is 6.92 Å². The van der Waals surface area contributed by atoms with E-state index in [1.165, 1.54) is 0 Å². The molecule has 0 N–H and O–H groups in total. The Labute approximate surface area is 62.9 Å². The van der Waals surface area contributed by atoms with Crippen LogP contribution >= 0.6 is 0 Å². The molecule has 0 aliphatic carbocycles. The summed E-state index contributed by atoms with van der Waals surface area (Å²) in [7, 11) is 0. The van der Waals surface area contributed by atoms with E-state index < -0.39 is 6.16 Å². The van der Waals surface area contributed by atoms with Crippen molar-refractivity contribution in [3.8, 4) is 0 Å². The van der Waals surface area contributed by atoms with Crippen molar-refractivity contribution < 1.29 is 36.6 Å². The molecule has 1 atom stereocenters. The van der Waals surface area contributed by atoms with Crippen molar-refractivity contribution in [2.45, 2.75) is 6.10 Å². The van der Waals surface area contributed by atoms with Crippen molar-refractivity contribution in [2.24, 2.45) is 0 Å². The van der Waals surface area contributed by atoms with Crippen LogP contribution < -0.4 is 0 Å². The zero-order chi connectivity index (χ0) is 5.28. The molecule has 0 aromatic rings. The summed E-state index contributed by atoms with van der Waals surface area (Å²) in [6.07, 6.45) is -0.910. The molecule has 1 saturated heterocycles. The second kappa shape index (κ2) is 3.12. The molecular weight excluding hydrogens is 204 g/mol. The zero-order valence-corrected chi connectivity index (χ0v) is 5.50. The minimum absolute atomic E-state index is 0. The van der Waals surface area contributed by atoms with Gasteiger partial charge in [0.15, 0.2) is 0 Å². The van der Waals surface area contributed by atoms with E-state index >= 15 is 0 Å². The van der Waals surface area contributed by atoms with Gasteiger partial charge in [-0.1, -0.05) is 0 Å². The molecule has 0 saturated carbocycles. The molecule has 4 heteroatoms. The Hall–Kier alpha value is 0.0103. The zero-order valence-electron chi connectivity index (χ0n) is 4.02. The van der Waals surface area contributed by atoms with Crippen molar-refractivity contribution in [1.29, 1.82) is 0 Å². The van der Waals surface area contributed by atoms with Gasteiger partial charge in [-0.2, -0.15) is 0 Å². The van der Waals surface area contributed by atoms with Gasteiger partial charge in [-0.15, -0.1) is 0 Å². The summed E-state index contributed by atoms with van der Waals surface area (Å²) in [4.78, 5) is 9.97. The maximum absolute atomic E-state index is 9.97. The van der Waals surface area contributed by atoms with Crippen LogP contribution in [0.5, 0.6) is 0 Å². The van der Waals surface area contributed by atoms with E-state index in [1.807, 2.05) is 0 Å². The van der Waals surface area contributed by atoms with Gasteiger partial charge in [0.1, 0.15) is 6.61 Å². The third-order valence-corrected chi connectivity index (χ3v) is 0.650. The summed E-state index contributed by atoms with van der Waals surface area (Å²) in [5, 5.41) is 0. The molecule has 0 radical (unpaired) electrons. The maximum Gasteiger partial charge on any atom is 1.00 e. The summed E-state index contributed by atoms with van der Waals surface area (Å²) in [5.41, 5.74) is 0. The van der Waals surface area contributed by atoms with Gasteiger partial charge in [0.05, 0.1) is 0 Å². The molecule has 0 spiro atoms. The molecule has 1 unspecified atom stereocenters. The fourth-order valence-electron chi connectivity index (χ4n) is 0.365. The average Bonchev–Trinajstić information content (AvgIpc) is 1.87. The average molecular weight is 209 g/mol. The molecule has 1 rings (SSSR count). The van der Waals surface area contributed by atoms with E-state index in [-0.39, 0.29) is 28.5 Å². The molecule has 1 aliphatic rings. The Balaban J connectivity index is 0.000000490. The summed E-state index contributed by atoms with van der Waals surface area (Å²) in [5.74, 6) is 0. The van der Waals surface area contributed by atoms with Crippen LogP contribution in [0.3, 0.4) is 0 Å².